The number of para-hydroxylation sites is 1. The number of aliphatic hydroxyl groups is 1. The Kier molecular flexibility index (Phi) is 6.37. The van der Waals surface area contributed by atoms with Gasteiger partial charge in [0.25, 0.3) is 11.2 Å². The van der Waals surface area contributed by atoms with E-state index in [1.807, 2.05) is 0 Å². The third-order valence-electron chi connectivity index (χ3n) is 4.70. The Labute approximate surface area is 165 Å². The first-order valence-electron chi connectivity index (χ1n) is 9.13. The Balaban J connectivity index is 1.55. The minimum absolute atomic E-state index is 0.0304. The molecule has 1 aromatic heterocycles. The smallest absolute Gasteiger partial charge is 0.330 e. The van der Waals surface area contributed by atoms with Crippen LogP contribution in [0.5, 0.6) is 0 Å². The van der Waals surface area contributed by atoms with E-state index in [0.29, 0.717) is 24.2 Å². The molecular formula is C19H22N4O6. The van der Waals surface area contributed by atoms with Gasteiger partial charge in [-0.2, -0.15) is 0 Å². The van der Waals surface area contributed by atoms with E-state index in [9.17, 15) is 24.8 Å². The van der Waals surface area contributed by atoms with Gasteiger partial charge >= 0.3 is 5.69 Å². The first-order chi connectivity index (χ1) is 13.9. The Morgan fingerprint density at radius 3 is 2.93 bits per heavy atom. The number of aromatic nitrogens is 2. The van der Waals surface area contributed by atoms with Crippen LogP contribution >= 0.6 is 0 Å². The van der Waals surface area contributed by atoms with E-state index in [4.69, 9.17) is 4.74 Å². The maximum absolute atomic E-state index is 12.0. The molecule has 1 aromatic carbocycles. The number of nitrogens with one attached hydrogen (secondary N) is 2. The van der Waals surface area contributed by atoms with Crippen LogP contribution in [0.2, 0.25) is 0 Å². The van der Waals surface area contributed by atoms with Crippen LogP contribution in [0.3, 0.4) is 0 Å². The normalized spacial score (nSPS) is 21.7. The van der Waals surface area contributed by atoms with Gasteiger partial charge in [-0.1, -0.05) is 24.3 Å². The van der Waals surface area contributed by atoms with E-state index < -0.39 is 34.6 Å². The van der Waals surface area contributed by atoms with Gasteiger partial charge in [0, 0.05) is 37.3 Å². The molecule has 0 saturated carbocycles. The summed E-state index contributed by atoms with van der Waals surface area (Å²) in [6.07, 6.45) is 3.08. The highest BCUT2D eigenvalue weighted by Crippen LogP contribution is 2.27. The number of H-pyrrole nitrogens is 1. The minimum atomic E-state index is -0.772. The number of aromatic amines is 1. The summed E-state index contributed by atoms with van der Waals surface area (Å²) in [4.78, 5) is 36.2. The van der Waals surface area contributed by atoms with Crippen LogP contribution in [-0.2, 0) is 4.74 Å². The average molecular weight is 402 g/mol. The summed E-state index contributed by atoms with van der Waals surface area (Å²) in [5, 5.41) is 24.3. The molecule has 1 fully saturated rings. The molecule has 3 rings (SSSR count). The minimum Gasteiger partial charge on any atom is -0.390 e. The SMILES string of the molecule is Cc1cn([C@H]2C[C@H](O)[C@@H](CNC/C=C/c3ccccc3[N+](=O)[O-])O2)c(=O)[nH]c1=O. The third-order valence-corrected chi connectivity index (χ3v) is 4.70. The van der Waals surface area contributed by atoms with Crippen molar-refractivity contribution >= 4 is 11.8 Å². The Hall–Kier alpha value is -3.08. The Bertz CT molecular complexity index is 1030. The van der Waals surface area contributed by atoms with Gasteiger partial charge in [0.2, 0.25) is 0 Å². The number of hydrogen-bond donors (Lipinski definition) is 3. The molecule has 0 aliphatic carbocycles. The largest absolute Gasteiger partial charge is 0.390 e. The zero-order valence-electron chi connectivity index (χ0n) is 15.8. The lowest BCUT2D eigenvalue weighted by atomic mass is 10.1. The average Bonchev–Trinajstić information content (AvgIpc) is 3.05. The third kappa shape index (κ3) is 4.86. The number of benzene rings is 1. The van der Waals surface area contributed by atoms with Gasteiger partial charge in [-0.25, -0.2) is 4.79 Å². The van der Waals surface area contributed by atoms with Gasteiger partial charge < -0.3 is 15.2 Å². The summed E-state index contributed by atoms with van der Waals surface area (Å²) in [5.41, 5.74) is -0.122. The monoisotopic (exact) mass is 402 g/mol. The second-order valence-electron chi connectivity index (χ2n) is 6.79. The van der Waals surface area contributed by atoms with Crippen LogP contribution in [0.4, 0.5) is 5.69 Å². The fourth-order valence-electron chi connectivity index (χ4n) is 3.16. The van der Waals surface area contributed by atoms with Crippen LogP contribution < -0.4 is 16.6 Å². The fraction of sp³-hybridized carbons (Fsp3) is 0.368. The zero-order chi connectivity index (χ0) is 21.0. The van der Waals surface area contributed by atoms with Crippen LogP contribution in [0.25, 0.3) is 6.08 Å². The second-order valence-corrected chi connectivity index (χ2v) is 6.79. The number of rotatable bonds is 7. The van der Waals surface area contributed by atoms with Gasteiger partial charge in [0.1, 0.15) is 6.23 Å². The first-order valence-corrected chi connectivity index (χ1v) is 9.13. The molecule has 1 aliphatic rings. The van der Waals surface area contributed by atoms with Crippen molar-refractivity contribution in [3.63, 3.8) is 0 Å². The number of nitrogens with zero attached hydrogens (tertiary/aromatic N) is 2. The van der Waals surface area contributed by atoms with Gasteiger partial charge in [-0.3, -0.25) is 24.5 Å². The number of aliphatic hydroxyl groups excluding tert-OH is 1. The van der Waals surface area contributed by atoms with Gasteiger partial charge in [-0.05, 0) is 13.0 Å². The van der Waals surface area contributed by atoms with Crippen molar-refractivity contribution in [3.8, 4) is 0 Å². The number of ether oxygens (including phenoxy) is 1. The van der Waals surface area contributed by atoms with Crippen molar-refractivity contribution in [2.75, 3.05) is 13.1 Å². The molecule has 29 heavy (non-hydrogen) atoms. The molecule has 1 aliphatic heterocycles. The van der Waals surface area contributed by atoms with Crippen LogP contribution in [0.1, 0.15) is 23.8 Å². The van der Waals surface area contributed by atoms with Gasteiger partial charge in [0.05, 0.1) is 22.7 Å². The van der Waals surface area contributed by atoms with Crippen molar-refractivity contribution in [1.82, 2.24) is 14.9 Å². The standard InChI is InChI=1S/C19H22N4O6/c1-12-11-22(19(26)21-18(12)25)17-9-15(24)16(29-17)10-20-8-4-6-13-5-2-3-7-14(13)23(27)28/h2-7,11,15-17,20,24H,8-10H2,1H3,(H,21,25,26)/b6-4+/t15-,16+,17+/m0/s1. The zero-order valence-corrected chi connectivity index (χ0v) is 15.8. The van der Waals surface area contributed by atoms with E-state index in [-0.39, 0.29) is 12.1 Å². The molecule has 10 nitrogen and oxygen atoms in total. The number of hydrogen-bond acceptors (Lipinski definition) is 7. The van der Waals surface area contributed by atoms with Crippen molar-refractivity contribution in [2.24, 2.45) is 0 Å². The molecule has 0 radical (unpaired) electrons. The predicted octanol–water partition coefficient (Wildman–Crippen LogP) is 0.705. The van der Waals surface area contributed by atoms with Crippen molar-refractivity contribution in [3.05, 3.63) is 78.6 Å². The molecule has 0 spiro atoms. The van der Waals surface area contributed by atoms with Gasteiger partial charge in [-0.15, -0.1) is 0 Å². The number of aryl methyl sites for hydroxylation is 1. The molecule has 154 valence electrons. The summed E-state index contributed by atoms with van der Waals surface area (Å²) < 4.78 is 7.04. The summed E-state index contributed by atoms with van der Waals surface area (Å²) in [7, 11) is 0. The number of nitro groups is 1. The Morgan fingerprint density at radius 2 is 2.17 bits per heavy atom. The molecule has 2 heterocycles. The number of nitro benzene ring substituents is 1. The molecule has 1 saturated heterocycles. The lowest BCUT2D eigenvalue weighted by Crippen LogP contribution is -2.35. The highest BCUT2D eigenvalue weighted by atomic mass is 16.6. The predicted molar refractivity (Wildman–Crippen MR) is 106 cm³/mol. The topological polar surface area (TPSA) is 139 Å². The second kappa shape index (κ2) is 8.95. The van der Waals surface area contributed by atoms with Crippen molar-refractivity contribution in [1.29, 1.82) is 0 Å². The molecule has 3 N–H and O–H groups in total. The van der Waals surface area contributed by atoms with Crippen molar-refractivity contribution in [2.45, 2.75) is 31.8 Å². The molecule has 2 aromatic rings. The molecule has 10 heteroatoms. The summed E-state index contributed by atoms with van der Waals surface area (Å²) in [6.45, 7) is 2.33. The lowest BCUT2D eigenvalue weighted by Gasteiger charge is -2.16. The summed E-state index contributed by atoms with van der Waals surface area (Å²) >= 11 is 0. The summed E-state index contributed by atoms with van der Waals surface area (Å²) in [6, 6.07) is 6.44. The van der Waals surface area contributed by atoms with E-state index in [0.717, 1.165) is 0 Å². The molecule has 0 bridgehead atoms. The van der Waals surface area contributed by atoms with Gasteiger partial charge in [0.15, 0.2) is 0 Å². The highest BCUT2D eigenvalue weighted by molar-refractivity contribution is 5.60. The molecule has 0 unspecified atom stereocenters. The van der Waals surface area contributed by atoms with E-state index >= 15 is 0 Å². The molecule has 0 amide bonds. The van der Waals surface area contributed by atoms with Crippen LogP contribution in [-0.4, -0.2) is 44.9 Å². The Morgan fingerprint density at radius 1 is 1.41 bits per heavy atom. The molecule has 3 atom stereocenters. The highest BCUT2D eigenvalue weighted by Gasteiger charge is 2.35. The van der Waals surface area contributed by atoms with Crippen LogP contribution in [0.15, 0.2) is 46.1 Å². The first kappa shape index (κ1) is 20.6. The lowest BCUT2D eigenvalue weighted by molar-refractivity contribution is -0.385. The molecular weight excluding hydrogens is 380 g/mol. The fourth-order valence-corrected chi connectivity index (χ4v) is 3.16. The van der Waals surface area contributed by atoms with E-state index in [1.165, 1.54) is 16.8 Å². The van der Waals surface area contributed by atoms with E-state index in [2.05, 4.69) is 10.3 Å². The van der Waals surface area contributed by atoms with E-state index in [1.54, 1.807) is 37.3 Å². The van der Waals surface area contributed by atoms with Crippen molar-refractivity contribution < 1.29 is 14.8 Å². The maximum Gasteiger partial charge on any atom is 0.330 e. The quantitative estimate of drug-likeness (QED) is 0.352. The maximum atomic E-state index is 12.0. The van der Waals surface area contributed by atoms with Crippen LogP contribution in [0, 0.1) is 17.0 Å². The summed E-state index contributed by atoms with van der Waals surface area (Å²) in [5.74, 6) is 0.